The van der Waals surface area contributed by atoms with Gasteiger partial charge in [-0.3, -0.25) is 5.32 Å². The molecule has 0 amide bonds. The minimum absolute atomic E-state index is 0.235. The zero-order valence-electron chi connectivity index (χ0n) is 9.18. The average Bonchev–Trinajstić information content (AvgIpc) is 2.21. The lowest BCUT2D eigenvalue weighted by Gasteiger charge is -2.13. The van der Waals surface area contributed by atoms with Crippen LogP contribution in [0.4, 0.5) is 4.39 Å². The first-order chi connectivity index (χ1) is 7.19. The molecule has 0 fully saturated rings. The first kappa shape index (κ1) is 11.7. The van der Waals surface area contributed by atoms with Crippen molar-refractivity contribution >= 4 is 0 Å². The number of benzene rings is 1. The van der Waals surface area contributed by atoms with Crippen LogP contribution in [0.25, 0.3) is 0 Å². The zero-order chi connectivity index (χ0) is 11.3. The van der Waals surface area contributed by atoms with E-state index >= 15 is 0 Å². The van der Waals surface area contributed by atoms with Gasteiger partial charge in [0.1, 0.15) is 5.82 Å². The normalized spacial score (nSPS) is 12.1. The average molecular weight is 205 g/mol. The van der Waals surface area contributed by atoms with Gasteiger partial charge in [-0.25, -0.2) is 4.39 Å². The highest BCUT2D eigenvalue weighted by molar-refractivity contribution is 5.30. The third-order valence-corrected chi connectivity index (χ3v) is 2.23. The fraction of sp³-hybridized carbons (Fsp3) is 0.385. The minimum Gasteiger partial charge on any atom is -0.300 e. The van der Waals surface area contributed by atoms with Crippen LogP contribution >= 0.6 is 0 Å². The summed E-state index contributed by atoms with van der Waals surface area (Å²) in [5, 5.41) is 3.12. The van der Waals surface area contributed by atoms with Crippen molar-refractivity contribution in [3.8, 4) is 12.3 Å². The van der Waals surface area contributed by atoms with Crippen molar-refractivity contribution < 1.29 is 4.39 Å². The summed E-state index contributed by atoms with van der Waals surface area (Å²) in [4.78, 5) is 0. The molecule has 0 heterocycles. The number of aryl methyl sites for hydroxylation is 1. The lowest BCUT2D eigenvalue weighted by Crippen LogP contribution is -2.21. The predicted molar refractivity (Wildman–Crippen MR) is 61.0 cm³/mol. The van der Waals surface area contributed by atoms with E-state index in [0.717, 1.165) is 18.5 Å². The molecule has 0 saturated carbocycles. The largest absolute Gasteiger partial charge is 0.300 e. The molecule has 1 N–H and O–H groups in total. The summed E-state index contributed by atoms with van der Waals surface area (Å²) in [7, 11) is 0. The Bertz CT molecular complexity index is 365. The first-order valence-corrected chi connectivity index (χ1v) is 5.14. The third kappa shape index (κ3) is 3.07. The number of nitrogens with one attached hydrogen (secondary N) is 1. The molecular formula is C13H16FN. The van der Waals surface area contributed by atoms with Crippen LogP contribution in [0.2, 0.25) is 0 Å². The quantitative estimate of drug-likeness (QED) is 0.745. The standard InChI is InChI=1S/C13H16FN/c1-4-8-15-13(5-2)11-7-6-10(3)9-12(11)14/h2,6-7,9,13,15H,4,8H2,1,3H3. The summed E-state index contributed by atoms with van der Waals surface area (Å²) < 4.78 is 13.6. The molecule has 15 heavy (non-hydrogen) atoms. The molecule has 2 heteroatoms. The maximum Gasteiger partial charge on any atom is 0.129 e. The maximum absolute atomic E-state index is 13.6. The zero-order valence-corrected chi connectivity index (χ0v) is 9.18. The number of hydrogen-bond acceptors (Lipinski definition) is 1. The Balaban J connectivity index is 2.88. The van der Waals surface area contributed by atoms with Gasteiger partial charge in [0.05, 0.1) is 6.04 Å². The van der Waals surface area contributed by atoms with Crippen LogP contribution in [-0.4, -0.2) is 6.54 Å². The topological polar surface area (TPSA) is 12.0 Å². The van der Waals surface area contributed by atoms with Crippen molar-refractivity contribution in [2.75, 3.05) is 6.54 Å². The molecule has 80 valence electrons. The monoisotopic (exact) mass is 205 g/mol. The van der Waals surface area contributed by atoms with E-state index < -0.39 is 0 Å². The minimum atomic E-state index is -0.328. The van der Waals surface area contributed by atoms with E-state index in [0.29, 0.717) is 5.56 Å². The van der Waals surface area contributed by atoms with Crippen LogP contribution in [0.15, 0.2) is 18.2 Å². The van der Waals surface area contributed by atoms with Crippen LogP contribution in [-0.2, 0) is 0 Å². The van der Waals surface area contributed by atoms with Gasteiger partial charge in [0, 0.05) is 5.56 Å². The Labute approximate surface area is 90.7 Å². The Morgan fingerprint density at radius 3 is 2.80 bits per heavy atom. The van der Waals surface area contributed by atoms with Gasteiger partial charge in [0.2, 0.25) is 0 Å². The van der Waals surface area contributed by atoms with Gasteiger partial charge < -0.3 is 0 Å². The van der Waals surface area contributed by atoms with Crippen molar-refractivity contribution in [2.24, 2.45) is 0 Å². The number of terminal acetylenes is 1. The summed E-state index contributed by atoms with van der Waals surface area (Å²) in [6, 6.07) is 4.80. The Morgan fingerprint density at radius 2 is 2.27 bits per heavy atom. The Hall–Kier alpha value is -1.33. The van der Waals surface area contributed by atoms with Crippen molar-refractivity contribution in [2.45, 2.75) is 26.3 Å². The first-order valence-electron chi connectivity index (χ1n) is 5.14. The van der Waals surface area contributed by atoms with Crippen LogP contribution in [0, 0.1) is 25.1 Å². The smallest absolute Gasteiger partial charge is 0.129 e. The molecule has 1 aromatic rings. The fourth-order valence-electron chi connectivity index (χ4n) is 1.41. The number of hydrogen-bond donors (Lipinski definition) is 1. The molecule has 0 aliphatic rings. The Kier molecular flexibility index (Phi) is 4.33. The summed E-state index contributed by atoms with van der Waals surface area (Å²) >= 11 is 0. The van der Waals surface area contributed by atoms with E-state index in [-0.39, 0.29) is 11.9 Å². The second-order valence-corrected chi connectivity index (χ2v) is 3.58. The van der Waals surface area contributed by atoms with Crippen LogP contribution in [0.5, 0.6) is 0 Å². The lowest BCUT2D eigenvalue weighted by molar-refractivity contribution is 0.562. The van der Waals surface area contributed by atoms with Crippen molar-refractivity contribution in [1.29, 1.82) is 0 Å². The molecule has 0 aromatic heterocycles. The number of rotatable bonds is 4. The predicted octanol–water partition coefficient (Wildman–Crippen LogP) is 2.81. The Morgan fingerprint density at radius 1 is 1.53 bits per heavy atom. The van der Waals surface area contributed by atoms with E-state index in [1.54, 1.807) is 6.07 Å². The van der Waals surface area contributed by atoms with E-state index in [1.165, 1.54) is 6.07 Å². The molecular weight excluding hydrogens is 189 g/mol. The maximum atomic E-state index is 13.6. The molecule has 0 aliphatic heterocycles. The fourth-order valence-corrected chi connectivity index (χ4v) is 1.41. The van der Waals surface area contributed by atoms with Crippen LogP contribution < -0.4 is 5.32 Å². The van der Waals surface area contributed by atoms with E-state index in [9.17, 15) is 4.39 Å². The second kappa shape index (κ2) is 5.53. The van der Waals surface area contributed by atoms with Gasteiger partial charge in [-0.15, -0.1) is 6.42 Å². The van der Waals surface area contributed by atoms with Gasteiger partial charge in [-0.2, -0.15) is 0 Å². The molecule has 1 aromatic carbocycles. The van der Waals surface area contributed by atoms with E-state index in [4.69, 9.17) is 6.42 Å². The summed E-state index contributed by atoms with van der Waals surface area (Å²) in [6.45, 7) is 4.70. The molecule has 1 atom stereocenters. The van der Waals surface area contributed by atoms with Gasteiger partial charge >= 0.3 is 0 Å². The second-order valence-electron chi connectivity index (χ2n) is 3.58. The van der Waals surface area contributed by atoms with Crippen molar-refractivity contribution in [3.63, 3.8) is 0 Å². The van der Waals surface area contributed by atoms with Crippen LogP contribution in [0.3, 0.4) is 0 Å². The highest BCUT2D eigenvalue weighted by Gasteiger charge is 2.11. The van der Waals surface area contributed by atoms with E-state index in [1.807, 2.05) is 19.9 Å². The summed E-state index contributed by atoms with van der Waals surface area (Å²) in [6.07, 6.45) is 6.35. The van der Waals surface area contributed by atoms with Crippen molar-refractivity contribution in [3.05, 3.63) is 35.1 Å². The third-order valence-electron chi connectivity index (χ3n) is 2.23. The highest BCUT2D eigenvalue weighted by atomic mass is 19.1. The van der Waals surface area contributed by atoms with E-state index in [2.05, 4.69) is 11.2 Å². The molecule has 0 radical (unpaired) electrons. The lowest BCUT2D eigenvalue weighted by atomic mass is 10.0. The highest BCUT2D eigenvalue weighted by Crippen LogP contribution is 2.17. The number of halogens is 1. The summed E-state index contributed by atoms with van der Waals surface area (Å²) in [5.74, 6) is 2.33. The van der Waals surface area contributed by atoms with Crippen LogP contribution in [0.1, 0.15) is 30.5 Å². The molecule has 1 nitrogen and oxygen atoms in total. The summed E-state index contributed by atoms with van der Waals surface area (Å²) in [5.41, 5.74) is 1.46. The van der Waals surface area contributed by atoms with Gasteiger partial charge in [0.25, 0.3) is 0 Å². The molecule has 1 rings (SSSR count). The van der Waals surface area contributed by atoms with Crippen molar-refractivity contribution in [1.82, 2.24) is 5.32 Å². The molecule has 0 saturated heterocycles. The molecule has 0 bridgehead atoms. The molecule has 1 unspecified atom stereocenters. The van der Waals surface area contributed by atoms with Gasteiger partial charge in [0.15, 0.2) is 0 Å². The van der Waals surface area contributed by atoms with Gasteiger partial charge in [-0.05, 0) is 31.5 Å². The molecule has 0 aliphatic carbocycles. The van der Waals surface area contributed by atoms with Gasteiger partial charge in [-0.1, -0.05) is 25.0 Å². The SMILES string of the molecule is C#CC(NCCC)c1ccc(C)cc1F. The molecule has 0 spiro atoms.